The molecule has 0 bridgehead atoms. The molecule has 1 saturated heterocycles. The van der Waals surface area contributed by atoms with Gasteiger partial charge in [0.05, 0.1) is 5.56 Å². The summed E-state index contributed by atoms with van der Waals surface area (Å²) in [5.41, 5.74) is 1.09. The average molecular weight is 301 g/mol. The highest BCUT2D eigenvalue weighted by Gasteiger charge is 2.29. The molecule has 1 aromatic heterocycles. The van der Waals surface area contributed by atoms with Gasteiger partial charge in [0, 0.05) is 31.9 Å². The van der Waals surface area contributed by atoms with Crippen molar-refractivity contribution in [1.82, 2.24) is 15.2 Å². The van der Waals surface area contributed by atoms with Crippen molar-refractivity contribution in [3.8, 4) is 0 Å². The molecule has 6 heteroatoms. The number of aliphatic imine (C=N–C) groups is 1. The molecule has 0 radical (unpaired) electrons. The van der Waals surface area contributed by atoms with E-state index in [9.17, 15) is 4.79 Å². The predicted molar refractivity (Wildman–Crippen MR) is 88.1 cm³/mol. The molecule has 118 valence electrons. The minimum absolute atomic E-state index is 0.00616. The number of aromatic amines is 1. The maximum atomic E-state index is 12.0. The number of nitrogens with zero attached hydrogens (tertiary/aromatic N) is 3. The number of amides is 1. The molecule has 3 heterocycles. The number of nitrogens with one attached hydrogen (secondary N) is 2. The number of carbonyl (C=O) groups excluding carboxylic acids is 1. The van der Waals surface area contributed by atoms with Crippen LogP contribution in [0.15, 0.2) is 29.9 Å². The average Bonchev–Trinajstić information content (AvgIpc) is 3.02. The lowest BCUT2D eigenvalue weighted by Gasteiger charge is -2.38. The highest BCUT2D eigenvalue weighted by atomic mass is 16.2. The molecule has 1 amide bonds. The third-order valence-electron chi connectivity index (χ3n) is 4.48. The molecular formula is C16H23N5O. The van der Waals surface area contributed by atoms with Gasteiger partial charge in [-0.1, -0.05) is 6.58 Å². The van der Waals surface area contributed by atoms with Crippen LogP contribution < -0.4 is 10.2 Å². The Morgan fingerprint density at radius 1 is 1.55 bits per heavy atom. The van der Waals surface area contributed by atoms with Crippen molar-refractivity contribution in [2.45, 2.75) is 31.8 Å². The van der Waals surface area contributed by atoms with Crippen LogP contribution in [0, 0.1) is 0 Å². The van der Waals surface area contributed by atoms with Gasteiger partial charge >= 0.3 is 0 Å². The summed E-state index contributed by atoms with van der Waals surface area (Å²) in [6.45, 7) is 7.02. The SMILES string of the molecule is C=CC(=O)N1C[C@H](NC2=NCN(C)c3[nH]ccc32)CC[C@@H]1C. The van der Waals surface area contributed by atoms with E-state index in [4.69, 9.17) is 0 Å². The highest BCUT2D eigenvalue weighted by Crippen LogP contribution is 2.23. The van der Waals surface area contributed by atoms with Crippen LogP contribution in [-0.2, 0) is 4.79 Å². The minimum atomic E-state index is 0.00616. The first kappa shape index (κ1) is 14.7. The summed E-state index contributed by atoms with van der Waals surface area (Å²) >= 11 is 0. The Bertz CT molecular complexity index is 605. The van der Waals surface area contributed by atoms with Gasteiger partial charge in [0.1, 0.15) is 18.3 Å². The molecule has 2 aliphatic rings. The standard InChI is InChI=1S/C16H23N5O/c1-4-14(22)21-9-12(6-5-11(21)2)19-15-13-7-8-17-16(13)20(3)10-18-15/h4,7-8,11-12,17H,1,5-6,9-10H2,2-3H3,(H,18,19)/t11-,12+/m0/s1. The van der Waals surface area contributed by atoms with E-state index in [-0.39, 0.29) is 18.0 Å². The van der Waals surface area contributed by atoms with Crippen LogP contribution in [0.1, 0.15) is 25.3 Å². The number of aromatic nitrogens is 1. The first-order chi connectivity index (χ1) is 10.6. The van der Waals surface area contributed by atoms with Crippen molar-refractivity contribution >= 4 is 17.6 Å². The molecule has 0 aromatic carbocycles. The molecule has 0 unspecified atom stereocenters. The van der Waals surface area contributed by atoms with Gasteiger partial charge in [0.15, 0.2) is 0 Å². The maximum absolute atomic E-state index is 12.0. The molecule has 0 saturated carbocycles. The molecule has 1 fully saturated rings. The summed E-state index contributed by atoms with van der Waals surface area (Å²) in [4.78, 5) is 23.8. The second-order valence-electron chi connectivity index (χ2n) is 6.05. The van der Waals surface area contributed by atoms with Crippen LogP contribution in [0.4, 0.5) is 5.82 Å². The quantitative estimate of drug-likeness (QED) is 0.810. The normalized spacial score (nSPS) is 24.5. The number of H-pyrrole nitrogens is 1. The van der Waals surface area contributed by atoms with Crippen LogP contribution >= 0.6 is 0 Å². The molecule has 22 heavy (non-hydrogen) atoms. The maximum Gasteiger partial charge on any atom is 0.246 e. The van der Waals surface area contributed by atoms with E-state index in [1.165, 1.54) is 6.08 Å². The van der Waals surface area contributed by atoms with Crippen LogP contribution in [0.25, 0.3) is 0 Å². The number of hydrogen-bond acceptors (Lipinski definition) is 4. The summed E-state index contributed by atoms with van der Waals surface area (Å²) in [5.74, 6) is 2.01. The van der Waals surface area contributed by atoms with Gasteiger partial charge in [0.2, 0.25) is 5.91 Å². The second kappa shape index (κ2) is 5.87. The van der Waals surface area contributed by atoms with Gasteiger partial charge < -0.3 is 20.1 Å². The number of piperidine rings is 1. The van der Waals surface area contributed by atoms with Gasteiger partial charge in [-0.2, -0.15) is 0 Å². The van der Waals surface area contributed by atoms with E-state index in [1.807, 2.05) is 24.2 Å². The lowest BCUT2D eigenvalue weighted by Crippen LogP contribution is -2.53. The zero-order chi connectivity index (χ0) is 15.7. The Morgan fingerprint density at radius 3 is 3.14 bits per heavy atom. The number of amidine groups is 1. The monoisotopic (exact) mass is 301 g/mol. The first-order valence-corrected chi connectivity index (χ1v) is 7.73. The number of likely N-dealkylation sites (tertiary alicyclic amines) is 1. The molecule has 2 atom stereocenters. The lowest BCUT2D eigenvalue weighted by atomic mass is 9.98. The fourth-order valence-electron chi connectivity index (χ4n) is 3.17. The summed E-state index contributed by atoms with van der Waals surface area (Å²) in [6.07, 6.45) is 5.36. The van der Waals surface area contributed by atoms with E-state index in [0.717, 1.165) is 30.1 Å². The van der Waals surface area contributed by atoms with E-state index in [1.54, 1.807) is 0 Å². The Balaban J connectivity index is 1.72. The van der Waals surface area contributed by atoms with Crippen LogP contribution in [-0.4, -0.2) is 54.0 Å². The zero-order valence-corrected chi connectivity index (χ0v) is 13.2. The number of anilines is 1. The molecule has 1 aromatic rings. The van der Waals surface area contributed by atoms with Crippen molar-refractivity contribution in [2.24, 2.45) is 4.99 Å². The summed E-state index contributed by atoms with van der Waals surface area (Å²) < 4.78 is 0. The third kappa shape index (κ3) is 2.61. The predicted octanol–water partition coefficient (Wildman–Crippen LogP) is 1.32. The van der Waals surface area contributed by atoms with Crippen molar-refractivity contribution in [3.63, 3.8) is 0 Å². The van der Waals surface area contributed by atoms with Gasteiger partial charge in [0.25, 0.3) is 0 Å². The summed E-state index contributed by atoms with van der Waals surface area (Å²) in [7, 11) is 2.02. The lowest BCUT2D eigenvalue weighted by molar-refractivity contribution is -0.129. The first-order valence-electron chi connectivity index (χ1n) is 7.73. The van der Waals surface area contributed by atoms with Crippen molar-refractivity contribution in [3.05, 3.63) is 30.5 Å². The molecule has 2 N–H and O–H groups in total. The highest BCUT2D eigenvalue weighted by molar-refractivity contribution is 6.04. The van der Waals surface area contributed by atoms with Crippen LogP contribution in [0.5, 0.6) is 0 Å². The number of rotatable bonds is 2. The smallest absolute Gasteiger partial charge is 0.246 e. The van der Waals surface area contributed by atoms with Gasteiger partial charge in [-0.3, -0.25) is 4.79 Å². The molecule has 0 aliphatic carbocycles. The fourth-order valence-corrected chi connectivity index (χ4v) is 3.17. The third-order valence-corrected chi connectivity index (χ3v) is 4.48. The Hall–Kier alpha value is -2.24. The van der Waals surface area contributed by atoms with E-state index >= 15 is 0 Å². The molecule has 6 nitrogen and oxygen atoms in total. The van der Waals surface area contributed by atoms with E-state index < -0.39 is 0 Å². The summed E-state index contributed by atoms with van der Waals surface area (Å²) in [6, 6.07) is 2.53. The Kier molecular flexibility index (Phi) is 3.92. The van der Waals surface area contributed by atoms with Gasteiger partial charge in [-0.05, 0) is 31.9 Å². The van der Waals surface area contributed by atoms with Gasteiger partial charge in [-0.25, -0.2) is 4.99 Å². The van der Waals surface area contributed by atoms with Crippen LogP contribution in [0.2, 0.25) is 0 Å². The molecule has 3 rings (SSSR count). The Labute approximate surface area is 130 Å². The topological polar surface area (TPSA) is 63.7 Å². The fraction of sp³-hybridized carbons (Fsp3) is 0.500. The second-order valence-corrected chi connectivity index (χ2v) is 6.05. The number of fused-ring (bicyclic) bond motifs is 1. The largest absolute Gasteiger partial charge is 0.365 e. The van der Waals surface area contributed by atoms with E-state index in [2.05, 4.69) is 33.7 Å². The van der Waals surface area contributed by atoms with Crippen molar-refractivity contribution in [2.75, 3.05) is 25.2 Å². The molecule has 2 aliphatic heterocycles. The van der Waals surface area contributed by atoms with Crippen molar-refractivity contribution in [1.29, 1.82) is 0 Å². The molecular weight excluding hydrogens is 278 g/mol. The minimum Gasteiger partial charge on any atom is -0.365 e. The summed E-state index contributed by atoms with van der Waals surface area (Å²) in [5, 5.41) is 3.53. The Morgan fingerprint density at radius 2 is 2.36 bits per heavy atom. The van der Waals surface area contributed by atoms with E-state index in [0.29, 0.717) is 13.2 Å². The number of carbonyl (C=O) groups is 1. The number of hydrogen-bond donors (Lipinski definition) is 2. The van der Waals surface area contributed by atoms with Crippen LogP contribution in [0.3, 0.4) is 0 Å². The zero-order valence-electron chi connectivity index (χ0n) is 13.2. The van der Waals surface area contributed by atoms with Gasteiger partial charge in [-0.15, -0.1) is 0 Å². The van der Waals surface area contributed by atoms with Crippen molar-refractivity contribution < 1.29 is 4.79 Å². The molecule has 0 spiro atoms.